The van der Waals surface area contributed by atoms with Crippen molar-refractivity contribution in [1.82, 2.24) is 4.57 Å². The Morgan fingerprint density at radius 1 is 1.22 bits per heavy atom. The summed E-state index contributed by atoms with van der Waals surface area (Å²) in [5.41, 5.74) is 3.33. The molecule has 0 saturated carbocycles. The van der Waals surface area contributed by atoms with E-state index in [1.54, 1.807) is 0 Å². The lowest BCUT2D eigenvalue weighted by molar-refractivity contribution is -0.383. The summed E-state index contributed by atoms with van der Waals surface area (Å²) >= 11 is 0. The fourth-order valence-electron chi connectivity index (χ4n) is 2.67. The number of nitro groups is 1. The highest BCUT2D eigenvalue weighted by Crippen LogP contribution is 2.37. The third kappa shape index (κ3) is 2.90. The molecule has 138 valence electrons. The van der Waals surface area contributed by atoms with E-state index < -0.39 is 51.3 Å². The highest BCUT2D eigenvalue weighted by Gasteiger charge is 2.30. The zero-order chi connectivity index (χ0) is 19.9. The number of anilines is 1. The maximum Gasteiger partial charge on any atom is 0.326 e. The molecule has 0 aliphatic heterocycles. The minimum Gasteiger partial charge on any atom is -0.494 e. The Morgan fingerprint density at radius 3 is 2.52 bits per heavy atom. The molecule has 9 nitrogen and oxygen atoms in total. The number of benzene rings is 2. The van der Waals surface area contributed by atoms with E-state index in [2.05, 4.69) is 5.32 Å². The Kier molecular flexibility index (Phi) is 4.20. The third-order valence-corrected chi connectivity index (χ3v) is 3.77. The molecule has 0 radical (unpaired) electrons. The van der Waals surface area contributed by atoms with Crippen LogP contribution in [-0.4, -0.2) is 26.5 Å². The number of nitrogens with two attached hydrogens (primary N) is 1. The van der Waals surface area contributed by atoms with Crippen molar-refractivity contribution in [3.63, 3.8) is 0 Å². The van der Waals surface area contributed by atoms with Crippen molar-refractivity contribution < 1.29 is 28.4 Å². The number of fused-ring (bicyclic) bond motifs is 1. The number of halogens is 2. The average Bonchev–Trinajstić information content (AvgIpc) is 2.89. The van der Waals surface area contributed by atoms with E-state index in [9.17, 15) is 33.6 Å². The highest BCUT2D eigenvalue weighted by atomic mass is 19.1. The first kappa shape index (κ1) is 17.8. The summed E-state index contributed by atoms with van der Waals surface area (Å²) in [6.07, 6.45) is 0. The molecule has 0 unspecified atom stereocenters. The summed E-state index contributed by atoms with van der Waals surface area (Å²) < 4.78 is 27.3. The van der Waals surface area contributed by atoms with Gasteiger partial charge in [-0.05, 0) is 18.2 Å². The van der Waals surface area contributed by atoms with Crippen LogP contribution in [0.3, 0.4) is 0 Å². The first-order chi connectivity index (χ1) is 12.7. The van der Waals surface area contributed by atoms with Crippen molar-refractivity contribution >= 4 is 34.2 Å². The van der Waals surface area contributed by atoms with Gasteiger partial charge in [0, 0.05) is 12.1 Å². The number of primary amides is 1. The van der Waals surface area contributed by atoms with E-state index in [0.29, 0.717) is 10.6 Å². The van der Waals surface area contributed by atoms with Crippen LogP contribution in [0.4, 0.5) is 25.0 Å². The molecule has 0 aliphatic rings. The van der Waals surface area contributed by atoms with Gasteiger partial charge in [-0.3, -0.25) is 14.9 Å². The minimum atomic E-state index is -1.19. The molecule has 4 N–H and O–H groups in total. The number of rotatable bonds is 3. The van der Waals surface area contributed by atoms with Crippen molar-refractivity contribution in [2.45, 2.75) is 0 Å². The van der Waals surface area contributed by atoms with E-state index in [-0.39, 0.29) is 10.9 Å². The zero-order valence-electron chi connectivity index (χ0n) is 13.3. The lowest BCUT2D eigenvalue weighted by atomic mass is 10.1. The first-order valence-electron chi connectivity index (χ1n) is 7.29. The van der Waals surface area contributed by atoms with E-state index in [0.717, 1.165) is 18.2 Å². The Morgan fingerprint density at radius 2 is 1.93 bits per heavy atom. The lowest BCUT2D eigenvalue weighted by Gasteiger charge is -2.06. The van der Waals surface area contributed by atoms with Crippen LogP contribution in [0, 0.1) is 21.7 Å². The summed E-state index contributed by atoms with van der Waals surface area (Å²) in [6.45, 7) is 0. The van der Waals surface area contributed by atoms with Crippen LogP contribution in [0.1, 0.15) is 10.4 Å². The number of nitrogens with zero attached hydrogens (tertiary/aromatic N) is 2. The van der Waals surface area contributed by atoms with Crippen LogP contribution in [0.5, 0.6) is 5.88 Å². The van der Waals surface area contributed by atoms with E-state index in [4.69, 9.17) is 5.73 Å². The molecule has 3 rings (SSSR count). The number of hydrogen-bond acceptors (Lipinski definition) is 5. The van der Waals surface area contributed by atoms with Gasteiger partial charge in [0.2, 0.25) is 5.88 Å². The fourth-order valence-corrected chi connectivity index (χ4v) is 2.67. The molecule has 11 heteroatoms. The molecule has 1 aromatic heterocycles. The van der Waals surface area contributed by atoms with Crippen molar-refractivity contribution in [2.75, 3.05) is 5.32 Å². The maximum absolute atomic E-state index is 13.8. The SMILES string of the molecule is NC(=O)n1c(O)c(C(=O)Nc2ccc(F)cc2F)c2c([N+](=O)[O-])cccc21. The second-order valence-corrected chi connectivity index (χ2v) is 5.38. The van der Waals surface area contributed by atoms with Gasteiger partial charge in [0.05, 0.1) is 21.5 Å². The van der Waals surface area contributed by atoms with E-state index in [1.807, 2.05) is 0 Å². The molecular weight excluding hydrogens is 366 g/mol. The molecule has 0 spiro atoms. The second kappa shape index (κ2) is 6.37. The molecule has 3 aromatic rings. The molecule has 1 heterocycles. The molecule has 2 aromatic carbocycles. The fraction of sp³-hybridized carbons (Fsp3) is 0. The Balaban J connectivity index is 2.23. The number of aromatic nitrogens is 1. The summed E-state index contributed by atoms with van der Waals surface area (Å²) in [4.78, 5) is 34.7. The van der Waals surface area contributed by atoms with Gasteiger partial charge < -0.3 is 16.2 Å². The summed E-state index contributed by atoms with van der Waals surface area (Å²) in [5.74, 6) is -4.09. The highest BCUT2D eigenvalue weighted by molar-refractivity contribution is 6.19. The first-order valence-corrected chi connectivity index (χ1v) is 7.29. The van der Waals surface area contributed by atoms with Crippen molar-refractivity contribution in [3.05, 3.63) is 63.7 Å². The monoisotopic (exact) mass is 376 g/mol. The molecule has 0 atom stereocenters. The van der Waals surface area contributed by atoms with E-state index in [1.165, 1.54) is 12.1 Å². The Labute approximate surface area is 148 Å². The molecule has 0 bridgehead atoms. The van der Waals surface area contributed by atoms with Gasteiger partial charge in [-0.25, -0.2) is 18.1 Å². The minimum absolute atomic E-state index is 0.182. The number of non-ortho nitro benzene ring substituents is 1. The number of carbonyl (C=O) groups is 2. The number of hydrogen-bond donors (Lipinski definition) is 3. The normalized spacial score (nSPS) is 10.7. The molecule has 0 saturated heterocycles. The summed E-state index contributed by atoms with van der Waals surface area (Å²) in [5, 5.41) is 23.3. The molecular formula is C16H10F2N4O5. The van der Waals surface area contributed by atoms with Crippen LogP contribution < -0.4 is 11.1 Å². The summed E-state index contributed by atoms with van der Waals surface area (Å²) in [7, 11) is 0. The van der Waals surface area contributed by atoms with Crippen LogP contribution in [-0.2, 0) is 0 Å². The number of aromatic hydroxyl groups is 1. The average molecular weight is 376 g/mol. The molecule has 0 fully saturated rings. The topological polar surface area (TPSA) is 140 Å². The van der Waals surface area contributed by atoms with Gasteiger partial charge in [0.1, 0.15) is 17.2 Å². The van der Waals surface area contributed by atoms with Gasteiger partial charge in [-0.1, -0.05) is 6.07 Å². The van der Waals surface area contributed by atoms with Crippen LogP contribution in [0.25, 0.3) is 10.9 Å². The van der Waals surface area contributed by atoms with Crippen molar-refractivity contribution in [1.29, 1.82) is 0 Å². The predicted octanol–water partition coefficient (Wildman–Crippen LogP) is 2.71. The lowest BCUT2D eigenvalue weighted by Crippen LogP contribution is -2.19. The molecule has 27 heavy (non-hydrogen) atoms. The van der Waals surface area contributed by atoms with Gasteiger partial charge in [-0.15, -0.1) is 0 Å². The molecule has 0 aliphatic carbocycles. The van der Waals surface area contributed by atoms with Gasteiger partial charge in [0.15, 0.2) is 0 Å². The number of amides is 2. The van der Waals surface area contributed by atoms with Gasteiger partial charge in [-0.2, -0.15) is 0 Å². The molecule has 2 amide bonds. The number of nitro benzene ring substituents is 1. The zero-order valence-corrected chi connectivity index (χ0v) is 13.3. The Hall–Kier alpha value is -4.02. The van der Waals surface area contributed by atoms with Gasteiger partial charge in [0.25, 0.3) is 11.6 Å². The van der Waals surface area contributed by atoms with Crippen LogP contribution in [0.2, 0.25) is 0 Å². The van der Waals surface area contributed by atoms with Crippen LogP contribution >= 0.6 is 0 Å². The van der Waals surface area contributed by atoms with Crippen molar-refractivity contribution in [3.8, 4) is 5.88 Å². The second-order valence-electron chi connectivity index (χ2n) is 5.38. The number of carbonyl (C=O) groups excluding carboxylic acids is 2. The van der Waals surface area contributed by atoms with Crippen molar-refractivity contribution in [2.24, 2.45) is 5.73 Å². The third-order valence-electron chi connectivity index (χ3n) is 3.77. The standard InChI is InChI=1S/C16H10F2N4O5/c17-7-4-5-9(8(18)6-7)20-14(23)13-12-10(21(15(13)24)16(19)25)2-1-3-11(12)22(26)27/h1-6,24H,(H2,19,25)(H,20,23). The maximum atomic E-state index is 13.8. The summed E-state index contributed by atoms with van der Waals surface area (Å²) in [6, 6.07) is 4.68. The quantitative estimate of drug-likeness (QED) is 0.476. The smallest absolute Gasteiger partial charge is 0.326 e. The van der Waals surface area contributed by atoms with Gasteiger partial charge >= 0.3 is 6.03 Å². The predicted molar refractivity (Wildman–Crippen MR) is 89.5 cm³/mol. The largest absolute Gasteiger partial charge is 0.494 e. The Bertz CT molecular complexity index is 1130. The number of nitrogens with one attached hydrogen (secondary N) is 1. The van der Waals surface area contributed by atoms with E-state index >= 15 is 0 Å². The van der Waals surface area contributed by atoms with Crippen LogP contribution in [0.15, 0.2) is 36.4 Å².